The van der Waals surface area contributed by atoms with E-state index in [2.05, 4.69) is 17.1 Å². The third-order valence-corrected chi connectivity index (χ3v) is 4.80. The first-order valence-corrected chi connectivity index (χ1v) is 8.57. The molecule has 1 saturated heterocycles. The van der Waals surface area contributed by atoms with Gasteiger partial charge in [0.05, 0.1) is 13.2 Å². The van der Waals surface area contributed by atoms with Crippen molar-refractivity contribution in [2.45, 2.75) is 18.9 Å². The Morgan fingerprint density at radius 2 is 2.00 bits per heavy atom. The fourth-order valence-corrected chi connectivity index (χ4v) is 3.42. The van der Waals surface area contributed by atoms with Gasteiger partial charge in [-0.15, -0.1) is 0 Å². The van der Waals surface area contributed by atoms with Crippen LogP contribution in [-0.2, 0) is 11.2 Å². The van der Waals surface area contributed by atoms with Crippen molar-refractivity contribution in [3.8, 4) is 5.75 Å². The molecule has 25 heavy (non-hydrogen) atoms. The summed E-state index contributed by atoms with van der Waals surface area (Å²) in [5.74, 6) is 1.11. The lowest BCUT2D eigenvalue weighted by molar-refractivity contribution is -0.00317. The Balaban J connectivity index is 1.70. The summed E-state index contributed by atoms with van der Waals surface area (Å²) in [6, 6.07) is 13.5. The highest BCUT2D eigenvalue weighted by atomic mass is 16.5. The molecule has 0 radical (unpaired) electrons. The Hall–Kier alpha value is -2.40. The van der Waals surface area contributed by atoms with E-state index in [4.69, 9.17) is 9.47 Å². The number of ether oxygens (including phenoxy) is 2. The fraction of sp³-hybridized carbons (Fsp3) is 0.400. The van der Waals surface area contributed by atoms with Crippen LogP contribution in [0, 0.1) is 5.92 Å². The van der Waals surface area contributed by atoms with Gasteiger partial charge in [0.15, 0.2) is 0 Å². The normalized spacial score (nSPS) is 20.3. The average Bonchev–Trinajstić information content (AvgIpc) is 2.68. The Bertz CT molecular complexity index is 688. The molecule has 0 spiro atoms. The molecule has 0 unspecified atom stereocenters. The molecule has 2 aromatic rings. The molecule has 1 aromatic heterocycles. The smallest absolute Gasteiger partial charge is 0.272 e. The van der Waals surface area contributed by atoms with Crippen LogP contribution < -0.4 is 4.74 Å². The zero-order valence-electron chi connectivity index (χ0n) is 14.7. The largest absolute Gasteiger partial charge is 0.497 e. The third-order valence-electron chi connectivity index (χ3n) is 4.80. The van der Waals surface area contributed by atoms with E-state index in [0.717, 1.165) is 18.6 Å². The van der Waals surface area contributed by atoms with Gasteiger partial charge in [0, 0.05) is 32.3 Å². The molecule has 2 heterocycles. The fourth-order valence-electron chi connectivity index (χ4n) is 3.42. The number of piperidine rings is 1. The van der Waals surface area contributed by atoms with Crippen LogP contribution in [0.25, 0.3) is 0 Å². The van der Waals surface area contributed by atoms with Crippen molar-refractivity contribution in [2.24, 2.45) is 5.92 Å². The van der Waals surface area contributed by atoms with Crippen LogP contribution in [0.15, 0.2) is 48.7 Å². The molecular formula is C20H24N2O3. The van der Waals surface area contributed by atoms with Gasteiger partial charge in [-0.1, -0.05) is 18.2 Å². The predicted octanol–water partition coefficient (Wildman–Crippen LogP) is 2.81. The summed E-state index contributed by atoms with van der Waals surface area (Å²) >= 11 is 0. The van der Waals surface area contributed by atoms with Gasteiger partial charge in [-0.25, -0.2) is 0 Å². The Morgan fingerprint density at radius 3 is 2.64 bits per heavy atom. The van der Waals surface area contributed by atoms with E-state index in [9.17, 15) is 4.79 Å². The van der Waals surface area contributed by atoms with Crippen LogP contribution >= 0.6 is 0 Å². The summed E-state index contributed by atoms with van der Waals surface area (Å²) < 4.78 is 10.9. The van der Waals surface area contributed by atoms with Crippen LogP contribution in [0.4, 0.5) is 0 Å². The number of carbonyl (C=O) groups is 1. The first kappa shape index (κ1) is 17.4. The number of hydrogen-bond donors (Lipinski definition) is 0. The second-order valence-corrected chi connectivity index (χ2v) is 6.34. The first-order chi connectivity index (χ1) is 12.2. The second-order valence-electron chi connectivity index (χ2n) is 6.34. The number of carbonyl (C=O) groups excluding carboxylic acids is 1. The number of hydrogen-bond acceptors (Lipinski definition) is 4. The number of methoxy groups -OCH3 is 2. The topological polar surface area (TPSA) is 51.7 Å². The standard InChI is InChI=1S/C20H24N2O3/c1-24-17-8-6-15(7-9-17)13-16-14-22(12-10-19(16)25-2)20(23)18-5-3-4-11-21-18/h3-9,11,16,19H,10,12-14H2,1-2H3/t16-,19+/m1/s1. The molecule has 0 aliphatic carbocycles. The molecule has 132 valence electrons. The van der Waals surface area contributed by atoms with Crippen molar-refractivity contribution in [2.75, 3.05) is 27.3 Å². The lowest BCUT2D eigenvalue weighted by atomic mass is 9.88. The highest BCUT2D eigenvalue weighted by Crippen LogP contribution is 2.25. The van der Waals surface area contributed by atoms with Gasteiger partial charge in [-0.3, -0.25) is 9.78 Å². The lowest BCUT2D eigenvalue weighted by Gasteiger charge is -2.38. The molecule has 1 amide bonds. The molecule has 1 aliphatic rings. The monoisotopic (exact) mass is 340 g/mol. The van der Waals surface area contributed by atoms with Crippen molar-refractivity contribution in [3.63, 3.8) is 0 Å². The molecule has 5 heteroatoms. The number of aromatic nitrogens is 1. The molecule has 5 nitrogen and oxygen atoms in total. The first-order valence-electron chi connectivity index (χ1n) is 8.57. The number of amides is 1. The number of pyridine rings is 1. The number of rotatable bonds is 5. The molecule has 0 saturated carbocycles. The van der Waals surface area contributed by atoms with Crippen LogP contribution in [-0.4, -0.2) is 49.2 Å². The number of benzene rings is 1. The Labute approximate surface area is 148 Å². The Morgan fingerprint density at radius 1 is 1.20 bits per heavy atom. The van der Waals surface area contributed by atoms with Crippen molar-refractivity contribution in [1.29, 1.82) is 0 Å². The molecule has 0 N–H and O–H groups in total. The highest BCUT2D eigenvalue weighted by Gasteiger charge is 2.32. The molecular weight excluding hydrogens is 316 g/mol. The summed E-state index contributed by atoms with van der Waals surface area (Å²) in [4.78, 5) is 18.8. The molecule has 1 aliphatic heterocycles. The lowest BCUT2D eigenvalue weighted by Crippen LogP contribution is -2.47. The highest BCUT2D eigenvalue weighted by molar-refractivity contribution is 5.92. The van der Waals surface area contributed by atoms with Crippen LogP contribution in [0.5, 0.6) is 5.75 Å². The maximum absolute atomic E-state index is 12.7. The molecule has 1 aromatic carbocycles. The van der Waals surface area contributed by atoms with Gasteiger partial charge in [0.2, 0.25) is 0 Å². The minimum atomic E-state index is -0.00474. The van der Waals surface area contributed by atoms with E-state index in [1.807, 2.05) is 29.2 Å². The predicted molar refractivity (Wildman–Crippen MR) is 95.7 cm³/mol. The maximum atomic E-state index is 12.7. The summed E-state index contributed by atoms with van der Waals surface area (Å²) in [6.45, 7) is 1.38. The zero-order chi connectivity index (χ0) is 17.6. The summed E-state index contributed by atoms with van der Waals surface area (Å²) in [7, 11) is 3.42. The molecule has 0 bridgehead atoms. The van der Waals surface area contributed by atoms with E-state index in [1.165, 1.54) is 5.56 Å². The van der Waals surface area contributed by atoms with Crippen LogP contribution in [0.3, 0.4) is 0 Å². The third kappa shape index (κ3) is 4.17. The van der Waals surface area contributed by atoms with Gasteiger partial charge in [0.25, 0.3) is 5.91 Å². The van der Waals surface area contributed by atoms with Gasteiger partial charge < -0.3 is 14.4 Å². The van der Waals surface area contributed by atoms with E-state index in [1.54, 1.807) is 26.5 Å². The zero-order valence-corrected chi connectivity index (χ0v) is 14.7. The van der Waals surface area contributed by atoms with E-state index in [-0.39, 0.29) is 17.9 Å². The maximum Gasteiger partial charge on any atom is 0.272 e. The number of likely N-dealkylation sites (tertiary alicyclic amines) is 1. The van der Waals surface area contributed by atoms with Gasteiger partial charge in [0.1, 0.15) is 11.4 Å². The van der Waals surface area contributed by atoms with Gasteiger partial charge >= 0.3 is 0 Å². The summed E-state index contributed by atoms with van der Waals surface area (Å²) in [6.07, 6.45) is 3.53. The van der Waals surface area contributed by atoms with E-state index >= 15 is 0 Å². The van der Waals surface area contributed by atoms with Gasteiger partial charge in [-0.05, 0) is 42.7 Å². The van der Waals surface area contributed by atoms with Crippen molar-refractivity contribution >= 4 is 5.91 Å². The minimum absolute atomic E-state index is 0.00474. The van der Waals surface area contributed by atoms with Crippen LogP contribution in [0.1, 0.15) is 22.5 Å². The van der Waals surface area contributed by atoms with Gasteiger partial charge in [-0.2, -0.15) is 0 Å². The Kier molecular flexibility index (Phi) is 5.66. The summed E-state index contributed by atoms with van der Waals surface area (Å²) in [5.41, 5.74) is 1.72. The minimum Gasteiger partial charge on any atom is -0.497 e. The molecule has 1 fully saturated rings. The van der Waals surface area contributed by atoms with Crippen molar-refractivity contribution < 1.29 is 14.3 Å². The van der Waals surface area contributed by atoms with Crippen LogP contribution in [0.2, 0.25) is 0 Å². The van der Waals surface area contributed by atoms with Crippen molar-refractivity contribution in [1.82, 2.24) is 9.88 Å². The second kappa shape index (κ2) is 8.12. The van der Waals surface area contributed by atoms with E-state index in [0.29, 0.717) is 18.8 Å². The SMILES string of the molecule is COc1ccc(C[C@@H]2CN(C(=O)c3ccccn3)CC[C@@H]2OC)cc1. The van der Waals surface area contributed by atoms with Crippen molar-refractivity contribution in [3.05, 3.63) is 59.9 Å². The quantitative estimate of drug-likeness (QED) is 0.840. The summed E-state index contributed by atoms with van der Waals surface area (Å²) in [5, 5.41) is 0. The molecule has 2 atom stereocenters. The van der Waals surface area contributed by atoms with E-state index < -0.39 is 0 Å². The number of nitrogens with zero attached hydrogens (tertiary/aromatic N) is 2. The average molecular weight is 340 g/mol. The molecule has 3 rings (SSSR count).